The van der Waals surface area contributed by atoms with Crippen LogP contribution in [0.5, 0.6) is 5.75 Å². The van der Waals surface area contributed by atoms with Crippen molar-refractivity contribution < 1.29 is 4.74 Å². The fourth-order valence-corrected chi connectivity index (χ4v) is 5.15. The number of hydrogen-bond acceptors (Lipinski definition) is 6. The molecule has 0 fully saturated rings. The van der Waals surface area contributed by atoms with Gasteiger partial charge in [-0.05, 0) is 79.6 Å². The lowest BCUT2D eigenvalue weighted by Crippen LogP contribution is -2.34. The Morgan fingerprint density at radius 1 is 0.636 bits per heavy atom. The van der Waals surface area contributed by atoms with Gasteiger partial charge in [0.1, 0.15) is 5.75 Å². The van der Waals surface area contributed by atoms with E-state index in [0.29, 0.717) is 17.1 Å². The second-order valence-electron chi connectivity index (χ2n) is 11.9. The Labute approximate surface area is 269 Å². The minimum atomic E-state index is 0.608. The lowest BCUT2D eigenvalue weighted by Gasteiger charge is -2.33. The van der Waals surface area contributed by atoms with Crippen molar-refractivity contribution in [2.24, 2.45) is 11.8 Å². The summed E-state index contributed by atoms with van der Waals surface area (Å²) >= 11 is 0. The van der Waals surface area contributed by atoms with Gasteiger partial charge in [0.2, 0.25) is 0 Å². The summed E-state index contributed by atoms with van der Waals surface area (Å²) < 4.78 is 4.92. The van der Waals surface area contributed by atoms with Crippen molar-refractivity contribution in [3.05, 3.63) is 72.3 Å². The first kappa shape index (κ1) is 38.5. The zero-order chi connectivity index (χ0) is 32.7. The van der Waals surface area contributed by atoms with Crippen molar-refractivity contribution in [2.75, 3.05) is 48.0 Å². The lowest BCUT2D eigenvalue weighted by molar-refractivity contribution is 0.400. The third-order valence-corrected chi connectivity index (χ3v) is 8.22. The quantitative estimate of drug-likeness (QED) is 0.0954. The Morgan fingerprint density at radius 3 is 1.70 bits per heavy atom. The van der Waals surface area contributed by atoms with E-state index in [-0.39, 0.29) is 0 Å². The number of aryl methyl sites for hydroxylation is 1. The van der Waals surface area contributed by atoms with Gasteiger partial charge in [0, 0.05) is 41.9 Å². The lowest BCUT2D eigenvalue weighted by atomic mass is 9.94. The summed E-state index contributed by atoms with van der Waals surface area (Å²) in [6, 6.07) is 21.2. The monoisotopic (exact) mass is 606 g/mol. The fraction of sp³-hybridized carbons (Fsp3) is 0.526. The molecule has 6 nitrogen and oxygen atoms in total. The molecular formula is C38H63N5O. The van der Waals surface area contributed by atoms with Gasteiger partial charge in [-0.15, -0.1) is 0 Å². The Balaban J connectivity index is 0.000000456. The number of methoxy groups -OCH3 is 1. The third kappa shape index (κ3) is 15.8. The molecule has 3 aromatic carbocycles. The number of unbranched alkanes of at least 4 members (excludes halogenated alkanes) is 4. The summed E-state index contributed by atoms with van der Waals surface area (Å²) in [6.45, 7) is 13.8. The van der Waals surface area contributed by atoms with Crippen LogP contribution < -0.4 is 32.6 Å². The minimum Gasteiger partial charge on any atom is -0.495 e. The highest BCUT2D eigenvalue weighted by Crippen LogP contribution is 2.27. The molecule has 3 aromatic rings. The molecule has 2 atom stereocenters. The molecule has 0 aliphatic heterocycles. The number of ether oxygens (including phenoxy) is 1. The number of nitrogen functional groups attached to an aromatic ring is 4. The maximum absolute atomic E-state index is 6.09. The molecule has 0 aliphatic rings. The zero-order valence-corrected chi connectivity index (χ0v) is 28.7. The molecule has 0 radical (unpaired) electrons. The van der Waals surface area contributed by atoms with E-state index in [1.165, 1.54) is 88.5 Å². The molecule has 6 heteroatoms. The van der Waals surface area contributed by atoms with Gasteiger partial charge in [0.25, 0.3) is 0 Å². The molecule has 0 spiro atoms. The van der Waals surface area contributed by atoms with E-state index < -0.39 is 0 Å². The van der Waals surface area contributed by atoms with Crippen LogP contribution in [-0.2, 0) is 0 Å². The largest absolute Gasteiger partial charge is 0.495 e. The van der Waals surface area contributed by atoms with Gasteiger partial charge >= 0.3 is 0 Å². The third-order valence-electron chi connectivity index (χ3n) is 8.22. The molecule has 3 rings (SSSR count). The first-order valence-corrected chi connectivity index (χ1v) is 16.8. The van der Waals surface area contributed by atoms with Crippen LogP contribution in [0.3, 0.4) is 0 Å². The summed E-state index contributed by atoms with van der Waals surface area (Å²) in [6.07, 6.45) is 13.4. The highest BCUT2D eigenvalue weighted by molar-refractivity contribution is 5.59. The normalized spacial score (nSPS) is 11.8. The average molecular weight is 606 g/mol. The molecule has 0 heterocycles. The Morgan fingerprint density at radius 2 is 1.23 bits per heavy atom. The van der Waals surface area contributed by atoms with Crippen LogP contribution in [-0.4, -0.2) is 20.2 Å². The van der Waals surface area contributed by atoms with Crippen molar-refractivity contribution >= 4 is 28.4 Å². The summed E-state index contributed by atoms with van der Waals surface area (Å²) in [5.41, 5.74) is 28.0. The van der Waals surface area contributed by atoms with Gasteiger partial charge < -0.3 is 32.6 Å². The highest BCUT2D eigenvalue weighted by Gasteiger charge is 2.18. The molecule has 0 bridgehead atoms. The van der Waals surface area contributed by atoms with Crippen molar-refractivity contribution in [1.82, 2.24) is 0 Å². The molecular weight excluding hydrogens is 542 g/mol. The van der Waals surface area contributed by atoms with E-state index >= 15 is 0 Å². The van der Waals surface area contributed by atoms with Gasteiger partial charge in [-0.2, -0.15) is 0 Å². The number of nitrogens with two attached hydrogens (primary N) is 4. The SMILES string of the molecule is CCCCCCC(CC)CN(CC(CC)CCCC)c1ccc(N)c(C)c1.COc1cc(N)ccc1N.Nc1ccccc1. The van der Waals surface area contributed by atoms with Crippen LogP contribution in [0.15, 0.2) is 66.7 Å². The summed E-state index contributed by atoms with van der Waals surface area (Å²) in [5, 5.41) is 0. The minimum absolute atomic E-state index is 0.608. The Hall–Kier alpha value is -3.54. The number of hydrogen-bond donors (Lipinski definition) is 4. The zero-order valence-electron chi connectivity index (χ0n) is 28.7. The van der Waals surface area contributed by atoms with Crippen LogP contribution in [0, 0.1) is 18.8 Å². The van der Waals surface area contributed by atoms with E-state index in [9.17, 15) is 0 Å². The van der Waals surface area contributed by atoms with Gasteiger partial charge in [-0.3, -0.25) is 0 Å². The predicted octanol–water partition coefficient (Wildman–Crippen LogP) is 9.73. The summed E-state index contributed by atoms with van der Waals surface area (Å²) in [7, 11) is 1.56. The second-order valence-corrected chi connectivity index (χ2v) is 11.9. The van der Waals surface area contributed by atoms with Crippen LogP contribution in [0.1, 0.15) is 97.5 Å². The maximum atomic E-state index is 6.09. The maximum Gasteiger partial charge on any atom is 0.143 e. The van der Waals surface area contributed by atoms with E-state index in [4.69, 9.17) is 27.7 Å². The molecule has 0 saturated heterocycles. The van der Waals surface area contributed by atoms with E-state index in [1.807, 2.05) is 30.3 Å². The predicted molar refractivity (Wildman–Crippen MR) is 196 cm³/mol. The van der Waals surface area contributed by atoms with Crippen LogP contribution in [0.2, 0.25) is 0 Å². The Bertz CT molecular complexity index is 1140. The smallest absolute Gasteiger partial charge is 0.143 e. The summed E-state index contributed by atoms with van der Waals surface area (Å²) in [5.74, 6) is 2.21. The van der Waals surface area contributed by atoms with E-state index in [1.54, 1.807) is 25.3 Å². The molecule has 0 aromatic heterocycles. The van der Waals surface area contributed by atoms with Crippen LogP contribution in [0.4, 0.5) is 28.4 Å². The van der Waals surface area contributed by atoms with E-state index in [0.717, 1.165) is 23.2 Å². The number of rotatable bonds is 16. The van der Waals surface area contributed by atoms with Crippen molar-refractivity contribution in [1.29, 1.82) is 0 Å². The topological polar surface area (TPSA) is 117 Å². The fourth-order valence-electron chi connectivity index (χ4n) is 5.15. The van der Waals surface area contributed by atoms with Crippen LogP contribution >= 0.6 is 0 Å². The van der Waals surface area contributed by atoms with Gasteiger partial charge in [-0.1, -0.05) is 97.3 Å². The van der Waals surface area contributed by atoms with Crippen molar-refractivity contribution in [2.45, 2.75) is 98.8 Å². The molecule has 246 valence electrons. The first-order valence-electron chi connectivity index (χ1n) is 16.8. The van der Waals surface area contributed by atoms with E-state index in [2.05, 4.69) is 57.7 Å². The second kappa shape index (κ2) is 22.9. The molecule has 2 unspecified atom stereocenters. The molecule has 8 N–H and O–H groups in total. The molecule has 0 saturated carbocycles. The number of nitrogens with zero attached hydrogens (tertiary/aromatic N) is 1. The van der Waals surface area contributed by atoms with Gasteiger partial charge in [0.05, 0.1) is 12.8 Å². The highest BCUT2D eigenvalue weighted by atomic mass is 16.5. The number of anilines is 5. The van der Waals surface area contributed by atoms with Crippen molar-refractivity contribution in [3.8, 4) is 5.75 Å². The standard InChI is InChI=1S/C25H46N2.C7H10N2O.C6H7N/c1-6-10-12-13-15-23(9-4)20-27(19-22(8-3)14-11-7-2)24-16-17-25(26)21(5)18-24;1-10-7-4-5(8)2-3-6(7)9;7-6-4-2-1-3-5-6/h16-18,22-23H,6-15,19-20,26H2,1-5H3;2-4H,8-9H2,1H3;1-5H,7H2. The molecule has 0 aliphatic carbocycles. The molecule has 0 amide bonds. The van der Waals surface area contributed by atoms with Gasteiger partial charge in [0.15, 0.2) is 0 Å². The average Bonchev–Trinajstić information content (AvgIpc) is 3.03. The van der Waals surface area contributed by atoms with Crippen LogP contribution in [0.25, 0.3) is 0 Å². The Kier molecular flexibility index (Phi) is 20.1. The number of para-hydroxylation sites is 1. The van der Waals surface area contributed by atoms with Gasteiger partial charge in [-0.25, -0.2) is 0 Å². The summed E-state index contributed by atoms with van der Waals surface area (Å²) in [4.78, 5) is 2.67. The first-order chi connectivity index (χ1) is 21.2. The van der Waals surface area contributed by atoms with Crippen molar-refractivity contribution in [3.63, 3.8) is 0 Å². The molecule has 44 heavy (non-hydrogen) atoms. The number of benzene rings is 3.